The van der Waals surface area contributed by atoms with E-state index >= 15 is 0 Å². The molecule has 3 heterocycles. The number of carbonyl (C=O) groups excluding carboxylic acids is 1. The molecule has 0 aliphatic carbocycles. The number of hydrogen-bond donors (Lipinski definition) is 2. The highest BCUT2D eigenvalue weighted by molar-refractivity contribution is 7.99. The van der Waals surface area contributed by atoms with E-state index in [0.717, 1.165) is 21.8 Å². The molecule has 2 atom stereocenters. The quantitative estimate of drug-likeness (QED) is 0.615. The predicted molar refractivity (Wildman–Crippen MR) is 126 cm³/mol. The van der Waals surface area contributed by atoms with Crippen molar-refractivity contribution in [2.24, 2.45) is 0 Å². The summed E-state index contributed by atoms with van der Waals surface area (Å²) in [4.78, 5) is 27.2. The second-order valence-corrected chi connectivity index (χ2v) is 9.50. The number of aliphatic hydroxyl groups is 1. The van der Waals surface area contributed by atoms with Gasteiger partial charge in [-0.3, -0.25) is 9.59 Å². The number of para-hydroxylation sites is 1. The van der Waals surface area contributed by atoms with E-state index in [4.69, 9.17) is 9.47 Å². The van der Waals surface area contributed by atoms with Crippen molar-refractivity contribution in [1.29, 1.82) is 0 Å². The normalized spacial score (nSPS) is 17.0. The third-order valence-electron chi connectivity index (χ3n) is 5.81. The topological polar surface area (TPSA) is 89.8 Å². The molecule has 0 radical (unpaired) electrons. The molecule has 33 heavy (non-hydrogen) atoms. The number of aliphatic hydroxyl groups excluding tert-OH is 1. The Bertz CT molecular complexity index is 1300. The molecule has 2 aliphatic heterocycles. The highest BCUT2D eigenvalue weighted by Gasteiger charge is 2.30. The number of nitrogens with one attached hydrogen (secondary N) is 1. The van der Waals surface area contributed by atoms with Gasteiger partial charge in [0.2, 0.25) is 6.79 Å². The highest BCUT2D eigenvalue weighted by Crippen LogP contribution is 2.46. The van der Waals surface area contributed by atoms with Crippen molar-refractivity contribution in [1.82, 2.24) is 9.88 Å². The van der Waals surface area contributed by atoms with E-state index < -0.39 is 12.0 Å². The lowest BCUT2D eigenvalue weighted by atomic mass is 10.0. The first-order chi connectivity index (χ1) is 15.9. The number of benzene rings is 2. The molecule has 1 amide bonds. The van der Waals surface area contributed by atoms with Crippen LogP contribution in [0.5, 0.6) is 11.5 Å². The lowest BCUT2D eigenvalue weighted by Crippen LogP contribution is -2.36. The van der Waals surface area contributed by atoms with E-state index in [9.17, 15) is 14.7 Å². The first-order valence-electron chi connectivity index (χ1n) is 10.8. The number of hydrogen-bond acceptors (Lipinski definition) is 6. The monoisotopic (exact) mass is 464 g/mol. The zero-order valence-corrected chi connectivity index (χ0v) is 19.1. The minimum atomic E-state index is -0.710. The summed E-state index contributed by atoms with van der Waals surface area (Å²) < 4.78 is 13.0. The molecule has 0 saturated carbocycles. The van der Waals surface area contributed by atoms with Crippen LogP contribution in [-0.4, -0.2) is 35.0 Å². The van der Waals surface area contributed by atoms with Crippen LogP contribution in [0, 0.1) is 6.92 Å². The molecule has 170 valence electrons. The summed E-state index contributed by atoms with van der Waals surface area (Å²) in [6.07, 6.45) is -0.244. The second-order valence-electron chi connectivity index (χ2n) is 8.26. The molecular formula is C25H24N2O5S. The third kappa shape index (κ3) is 4.00. The lowest BCUT2D eigenvalue weighted by molar-refractivity contribution is 0.0921. The van der Waals surface area contributed by atoms with Gasteiger partial charge in [0.1, 0.15) is 5.56 Å². The maximum Gasteiger partial charge on any atom is 0.257 e. The van der Waals surface area contributed by atoms with Gasteiger partial charge in [-0.15, -0.1) is 11.8 Å². The van der Waals surface area contributed by atoms with Gasteiger partial charge < -0.3 is 24.5 Å². The SMILES string of the molecule is Cc1cc(=O)c(C(=O)NCC(C)O)c2n1-c1ccccc1SC(c1ccc3c(c1)OCO3)C2. The lowest BCUT2D eigenvalue weighted by Gasteiger charge is -2.20. The Labute approximate surface area is 195 Å². The van der Waals surface area contributed by atoms with Crippen LogP contribution in [0.3, 0.4) is 0 Å². The van der Waals surface area contributed by atoms with Crippen LogP contribution in [-0.2, 0) is 6.42 Å². The van der Waals surface area contributed by atoms with E-state index in [1.54, 1.807) is 18.7 Å². The molecule has 0 fully saturated rings. The number of carbonyl (C=O) groups is 1. The molecule has 7 nitrogen and oxygen atoms in total. The minimum Gasteiger partial charge on any atom is -0.454 e. The van der Waals surface area contributed by atoms with E-state index in [0.29, 0.717) is 23.6 Å². The van der Waals surface area contributed by atoms with Crippen LogP contribution in [0.25, 0.3) is 5.69 Å². The van der Waals surface area contributed by atoms with Crippen molar-refractivity contribution in [3.63, 3.8) is 0 Å². The van der Waals surface area contributed by atoms with Gasteiger partial charge in [0.05, 0.1) is 11.8 Å². The maximum absolute atomic E-state index is 13.1. The van der Waals surface area contributed by atoms with Gasteiger partial charge >= 0.3 is 0 Å². The number of pyridine rings is 1. The molecule has 5 rings (SSSR count). The summed E-state index contributed by atoms with van der Waals surface area (Å²) in [7, 11) is 0. The predicted octanol–water partition coefficient (Wildman–Crippen LogP) is 3.37. The molecule has 2 N–H and O–H groups in total. The fourth-order valence-electron chi connectivity index (χ4n) is 4.31. The molecular weight excluding hydrogens is 440 g/mol. The summed E-state index contributed by atoms with van der Waals surface area (Å²) in [5.74, 6) is 0.934. The Hall–Kier alpha value is -3.23. The second kappa shape index (κ2) is 8.61. The first-order valence-corrected chi connectivity index (χ1v) is 11.7. The average Bonchev–Trinajstić information content (AvgIpc) is 3.18. The summed E-state index contributed by atoms with van der Waals surface area (Å²) in [5, 5.41) is 12.3. The number of thioether (sulfide) groups is 1. The standard InChI is InChI=1S/C25H24N2O5S/c1-14-9-19(29)24(25(30)26-12-15(2)28)18-11-23(16-7-8-20-21(10-16)32-13-31-20)33-22-6-4-3-5-17(22)27(14)18/h3-10,15,23,28H,11-13H2,1-2H3,(H,26,30). The Kier molecular flexibility index (Phi) is 5.64. The van der Waals surface area contributed by atoms with Gasteiger partial charge in [0, 0.05) is 40.6 Å². The van der Waals surface area contributed by atoms with Crippen molar-refractivity contribution in [2.45, 2.75) is 36.5 Å². The molecule has 0 saturated heterocycles. The summed E-state index contributed by atoms with van der Waals surface area (Å²) >= 11 is 1.70. The van der Waals surface area contributed by atoms with Crippen LogP contribution in [0.4, 0.5) is 0 Å². The molecule has 2 unspecified atom stereocenters. The van der Waals surface area contributed by atoms with Gasteiger partial charge in [0.25, 0.3) is 5.91 Å². The molecule has 0 bridgehead atoms. The van der Waals surface area contributed by atoms with Gasteiger partial charge in [-0.05, 0) is 43.7 Å². The van der Waals surface area contributed by atoms with E-state index in [1.165, 1.54) is 6.07 Å². The number of aromatic nitrogens is 1. The number of ether oxygens (including phenoxy) is 2. The highest BCUT2D eigenvalue weighted by atomic mass is 32.2. The first kappa shape index (κ1) is 21.6. The molecule has 2 aromatic carbocycles. The zero-order chi connectivity index (χ0) is 23.1. The number of aryl methyl sites for hydroxylation is 1. The molecule has 0 spiro atoms. The summed E-state index contributed by atoms with van der Waals surface area (Å²) in [6.45, 7) is 3.74. The van der Waals surface area contributed by atoms with Crippen molar-refractivity contribution in [3.05, 3.63) is 81.3 Å². The molecule has 8 heteroatoms. The van der Waals surface area contributed by atoms with Crippen LogP contribution in [0.1, 0.15) is 39.5 Å². The van der Waals surface area contributed by atoms with E-state index in [-0.39, 0.29) is 29.6 Å². The summed E-state index contributed by atoms with van der Waals surface area (Å²) in [6, 6.07) is 15.4. The van der Waals surface area contributed by atoms with E-state index in [1.807, 2.05) is 47.9 Å². The number of amides is 1. The largest absolute Gasteiger partial charge is 0.454 e. The van der Waals surface area contributed by atoms with Crippen molar-refractivity contribution >= 4 is 17.7 Å². The maximum atomic E-state index is 13.1. The van der Waals surface area contributed by atoms with Crippen LogP contribution in [0.2, 0.25) is 0 Å². The molecule has 1 aromatic heterocycles. The third-order valence-corrected chi connectivity index (χ3v) is 7.13. The number of rotatable bonds is 4. The van der Waals surface area contributed by atoms with Crippen LogP contribution >= 0.6 is 11.8 Å². The Morgan fingerprint density at radius 3 is 2.82 bits per heavy atom. The van der Waals surface area contributed by atoms with Crippen LogP contribution in [0.15, 0.2) is 58.2 Å². The fourth-order valence-corrected chi connectivity index (χ4v) is 5.57. The zero-order valence-electron chi connectivity index (χ0n) is 18.3. The number of fused-ring (bicyclic) bond motifs is 4. The average molecular weight is 465 g/mol. The Morgan fingerprint density at radius 2 is 2.00 bits per heavy atom. The molecule has 3 aromatic rings. The number of nitrogens with zero attached hydrogens (tertiary/aromatic N) is 1. The Morgan fingerprint density at radius 1 is 1.21 bits per heavy atom. The minimum absolute atomic E-state index is 0.0566. The fraction of sp³-hybridized carbons (Fsp3) is 0.280. The Balaban J connectivity index is 1.68. The van der Waals surface area contributed by atoms with Gasteiger partial charge in [-0.25, -0.2) is 0 Å². The summed E-state index contributed by atoms with van der Waals surface area (Å²) in [5.41, 5.74) is 3.17. The molecule has 2 aliphatic rings. The smallest absolute Gasteiger partial charge is 0.257 e. The van der Waals surface area contributed by atoms with Gasteiger partial charge in [0.15, 0.2) is 16.9 Å². The van der Waals surface area contributed by atoms with Gasteiger partial charge in [-0.1, -0.05) is 18.2 Å². The van der Waals surface area contributed by atoms with Crippen molar-refractivity contribution in [3.8, 4) is 17.2 Å². The van der Waals surface area contributed by atoms with E-state index in [2.05, 4.69) is 11.4 Å². The van der Waals surface area contributed by atoms with Crippen molar-refractivity contribution < 1.29 is 19.4 Å². The van der Waals surface area contributed by atoms with Crippen molar-refractivity contribution in [2.75, 3.05) is 13.3 Å². The van der Waals surface area contributed by atoms with Crippen LogP contribution < -0.4 is 20.2 Å². The van der Waals surface area contributed by atoms with Gasteiger partial charge in [-0.2, -0.15) is 0 Å².